The second-order valence-electron chi connectivity index (χ2n) is 3.91. The molecule has 0 bridgehead atoms. The lowest BCUT2D eigenvalue weighted by Gasteiger charge is -2.05. The van der Waals surface area contributed by atoms with E-state index in [4.69, 9.17) is 0 Å². The Morgan fingerprint density at radius 3 is 2.00 bits per heavy atom. The zero-order valence-corrected chi connectivity index (χ0v) is 10.4. The molecule has 0 atom stereocenters. The van der Waals surface area contributed by atoms with Crippen LogP contribution in [0.4, 0.5) is 5.69 Å². The summed E-state index contributed by atoms with van der Waals surface area (Å²) < 4.78 is 4.64. The van der Waals surface area contributed by atoms with Gasteiger partial charge in [0.2, 0.25) is 6.41 Å². The fourth-order valence-electron chi connectivity index (χ4n) is 1.74. The van der Waals surface area contributed by atoms with E-state index in [1.54, 1.807) is 12.1 Å². The number of ether oxygens (including phenoxy) is 1. The third-order valence-electron chi connectivity index (χ3n) is 2.75. The highest BCUT2D eigenvalue weighted by Crippen LogP contribution is 2.21. The molecular formula is C15H13NO3. The van der Waals surface area contributed by atoms with E-state index in [0.717, 1.165) is 16.8 Å². The summed E-state index contributed by atoms with van der Waals surface area (Å²) in [6.45, 7) is 0. The molecule has 0 heterocycles. The molecule has 0 fully saturated rings. The number of nitrogens with one attached hydrogen (secondary N) is 1. The lowest BCUT2D eigenvalue weighted by atomic mass is 10.0. The van der Waals surface area contributed by atoms with Crippen LogP contribution in [0.1, 0.15) is 10.4 Å². The Morgan fingerprint density at radius 1 is 1.00 bits per heavy atom. The number of methoxy groups -OCH3 is 1. The third kappa shape index (κ3) is 2.98. The minimum Gasteiger partial charge on any atom is -0.465 e. The number of esters is 1. The van der Waals surface area contributed by atoms with Gasteiger partial charge in [0.05, 0.1) is 12.7 Å². The fraction of sp³-hybridized carbons (Fsp3) is 0.0667. The summed E-state index contributed by atoms with van der Waals surface area (Å²) in [5, 5.41) is 2.58. The monoisotopic (exact) mass is 255 g/mol. The minimum absolute atomic E-state index is 0.350. The summed E-state index contributed by atoms with van der Waals surface area (Å²) in [4.78, 5) is 21.6. The van der Waals surface area contributed by atoms with Gasteiger partial charge in [-0.15, -0.1) is 0 Å². The van der Waals surface area contributed by atoms with Crippen molar-refractivity contribution < 1.29 is 14.3 Å². The van der Waals surface area contributed by atoms with Crippen LogP contribution in [0.25, 0.3) is 11.1 Å². The van der Waals surface area contributed by atoms with Crippen molar-refractivity contribution in [3.05, 3.63) is 54.1 Å². The average molecular weight is 255 g/mol. The smallest absolute Gasteiger partial charge is 0.337 e. The maximum atomic E-state index is 11.3. The molecular weight excluding hydrogens is 242 g/mol. The molecule has 2 rings (SSSR count). The Hall–Kier alpha value is -2.62. The molecule has 1 amide bonds. The van der Waals surface area contributed by atoms with E-state index in [1.807, 2.05) is 36.4 Å². The van der Waals surface area contributed by atoms with E-state index in [9.17, 15) is 9.59 Å². The first-order valence-corrected chi connectivity index (χ1v) is 5.73. The molecule has 0 saturated carbocycles. The van der Waals surface area contributed by atoms with E-state index in [0.29, 0.717) is 12.0 Å². The summed E-state index contributed by atoms with van der Waals surface area (Å²) in [5.74, 6) is -0.350. The Kier molecular flexibility index (Phi) is 3.93. The molecule has 1 N–H and O–H groups in total. The second kappa shape index (κ2) is 5.82. The number of hydrogen-bond acceptors (Lipinski definition) is 3. The van der Waals surface area contributed by atoms with Gasteiger partial charge >= 0.3 is 5.97 Å². The van der Waals surface area contributed by atoms with Crippen LogP contribution in [0.15, 0.2) is 48.5 Å². The Labute approximate surface area is 111 Å². The van der Waals surface area contributed by atoms with Gasteiger partial charge in [-0.05, 0) is 35.4 Å². The van der Waals surface area contributed by atoms with Gasteiger partial charge < -0.3 is 10.1 Å². The minimum atomic E-state index is -0.350. The van der Waals surface area contributed by atoms with Gasteiger partial charge in [-0.1, -0.05) is 24.3 Å². The van der Waals surface area contributed by atoms with Gasteiger partial charge in [-0.25, -0.2) is 4.79 Å². The average Bonchev–Trinajstić information content (AvgIpc) is 2.48. The van der Waals surface area contributed by atoms with Crippen LogP contribution in [0.2, 0.25) is 0 Å². The number of rotatable bonds is 4. The van der Waals surface area contributed by atoms with E-state index in [1.165, 1.54) is 7.11 Å². The van der Waals surface area contributed by atoms with E-state index >= 15 is 0 Å². The van der Waals surface area contributed by atoms with Crippen molar-refractivity contribution in [2.75, 3.05) is 12.4 Å². The van der Waals surface area contributed by atoms with Crippen LogP contribution in [0.3, 0.4) is 0 Å². The largest absolute Gasteiger partial charge is 0.465 e. The van der Waals surface area contributed by atoms with E-state index in [-0.39, 0.29) is 5.97 Å². The third-order valence-corrected chi connectivity index (χ3v) is 2.75. The highest BCUT2D eigenvalue weighted by atomic mass is 16.5. The summed E-state index contributed by atoms with van der Waals surface area (Å²) in [5.41, 5.74) is 3.26. The first kappa shape index (κ1) is 12.8. The van der Waals surface area contributed by atoms with Crippen LogP contribution in [0, 0.1) is 0 Å². The number of hydrogen-bond donors (Lipinski definition) is 1. The van der Waals surface area contributed by atoms with Crippen molar-refractivity contribution >= 4 is 18.1 Å². The SMILES string of the molecule is COC(=O)c1ccc(-c2ccc(NC=O)cc2)cc1. The normalized spacial score (nSPS) is 9.74. The number of carbonyl (C=O) groups is 2. The van der Waals surface area contributed by atoms with Crippen LogP contribution in [-0.4, -0.2) is 19.5 Å². The molecule has 0 aliphatic carbocycles. The topological polar surface area (TPSA) is 55.4 Å². The highest BCUT2D eigenvalue weighted by Gasteiger charge is 2.05. The molecule has 0 aliphatic rings. The van der Waals surface area contributed by atoms with Crippen LogP contribution >= 0.6 is 0 Å². The molecule has 0 aliphatic heterocycles. The Bertz CT molecular complexity index is 573. The summed E-state index contributed by atoms with van der Waals surface area (Å²) in [7, 11) is 1.36. The maximum Gasteiger partial charge on any atom is 0.337 e. The molecule has 2 aromatic carbocycles. The first-order chi connectivity index (χ1) is 9.24. The zero-order valence-electron chi connectivity index (χ0n) is 10.4. The zero-order chi connectivity index (χ0) is 13.7. The van der Waals surface area contributed by atoms with Crippen molar-refractivity contribution in [1.82, 2.24) is 0 Å². The molecule has 4 heteroatoms. The van der Waals surface area contributed by atoms with Gasteiger partial charge in [-0.2, -0.15) is 0 Å². The Morgan fingerprint density at radius 2 is 1.53 bits per heavy atom. The Balaban J connectivity index is 2.22. The molecule has 4 nitrogen and oxygen atoms in total. The molecule has 96 valence electrons. The lowest BCUT2D eigenvalue weighted by molar-refractivity contribution is -0.105. The summed E-state index contributed by atoms with van der Waals surface area (Å²) in [6, 6.07) is 14.6. The second-order valence-corrected chi connectivity index (χ2v) is 3.91. The molecule has 2 aromatic rings. The van der Waals surface area contributed by atoms with Crippen LogP contribution < -0.4 is 5.32 Å². The van der Waals surface area contributed by atoms with Gasteiger partial charge in [0.25, 0.3) is 0 Å². The van der Waals surface area contributed by atoms with Gasteiger partial charge in [0.15, 0.2) is 0 Å². The van der Waals surface area contributed by atoms with Gasteiger partial charge in [0, 0.05) is 5.69 Å². The summed E-state index contributed by atoms with van der Waals surface area (Å²) in [6.07, 6.45) is 0.639. The van der Waals surface area contributed by atoms with Gasteiger partial charge in [-0.3, -0.25) is 4.79 Å². The van der Waals surface area contributed by atoms with E-state index in [2.05, 4.69) is 10.1 Å². The fourth-order valence-corrected chi connectivity index (χ4v) is 1.74. The number of benzene rings is 2. The van der Waals surface area contributed by atoms with E-state index < -0.39 is 0 Å². The molecule has 0 aromatic heterocycles. The lowest BCUT2D eigenvalue weighted by Crippen LogP contribution is -2.00. The first-order valence-electron chi connectivity index (χ1n) is 5.73. The number of amides is 1. The molecule has 0 spiro atoms. The van der Waals surface area contributed by atoms with Crippen molar-refractivity contribution in [1.29, 1.82) is 0 Å². The standard InChI is InChI=1S/C15H13NO3/c1-19-15(18)13-4-2-11(3-5-13)12-6-8-14(9-7-12)16-10-17/h2-10H,1H3,(H,16,17). The van der Waals surface area contributed by atoms with Crippen molar-refractivity contribution in [3.63, 3.8) is 0 Å². The van der Waals surface area contributed by atoms with Crippen molar-refractivity contribution in [2.45, 2.75) is 0 Å². The van der Waals surface area contributed by atoms with Gasteiger partial charge in [0.1, 0.15) is 0 Å². The van der Waals surface area contributed by atoms with Crippen molar-refractivity contribution in [3.8, 4) is 11.1 Å². The molecule has 0 unspecified atom stereocenters. The molecule has 0 saturated heterocycles. The molecule has 0 radical (unpaired) electrons. The molecule has 19 heavy (non-hydrogen) atoms. The maximum absolute atomic E-state index is 11.3. The predicted octanol–water partition coefficient (Wildman–Crippen LogP) is 2.71. The predicted molar refractivity (Wildman–Crippen MR) is 72.9 cm³/mol. The number of carbonyl (C=O) groups excluding carboxylic acids is 2. The van der Waals surface area contributed by atoms with Crippen molar-refractivity contribution in [2.24, 2.45) is 0 Å². The van der Waals surface area contributed by atoms with Crippen LogP contribution in [0.5, 0.6) is 0 Å². The number of anilines is 1. The highest BCUT2D eigenvalue weighted by molar-refractivity contribution is 5.90. The summed E-state index contributed by atoms with van der Waals surface area (Å²) >= 11 is 0. The van der Waals surface area contributed by atoms with Crippen LogP contribution in [-0.2, 0) is 9.53 Å². The quantitative estimate of drug-likeness (QED) is 0.675.